The Bertz CT molecular complexity index is 614. The summed E-state index contributed by atoms with van der Waals surface area (Å²) in [6.45, 7) is 5.85. The molecule has 0 aromatic heterocycles. The Hall–Kier alpha value is -2.28. The molecule has 0 radical (unpaired) electrons. The zero-order valence-corrected chi connectivity index (χ0v) is 15.4. The summed E-state index contributed by atoms with van der Waals surface area (Å²) < 4.78 is 5.02. The van der Waals surface area contributed by atoms with Crippen LogP contribution >= 0.6 is 11.6 Å². The molecule has 7 nitrogen and oxygen atoms in total. The van der Waals surface area contributed by atoms with E-state index in [-0.39, 0.29) is 18.4 Å². The van der Waals surface area contributed by atoms with Crippen molar-refractivity contribution in [3.63, 3.8) is 0 Å². The van der Waals surface area contributed by atoms with E-state index in [9.17, 15) is 14.4 Å². The molecular weight excluding hydrogens is 346 g/mol. The van der Waals surface area contributed by atoms with Crippen LogP contribution in [0.1, 0.15) is 37.6 Å². The van der Waals surface area contributed by atoms with Gasteiger partial charge in [-0.25, -0.2) is 4.79 Å². The van der Waals surface area contributed by atoms with Gasteiger partial charge in [0.25, 0.3) is 5.91 Å². The first kappa shape index (κ1) is 20.8. The lowest BCUT2D eigenvalue weighted by Gasteiger charge is -2.19. The predicted molar refractivity (Wildman–Crippen MR) is 95.6 cm³/mol. The third-order valence-electron chi connectivity index (χ3n) is 2.84. The Kier molecular flexibility index (Phi) is 8.21. The van der Waals surface area contributed by atoms with Crippen molar-refractivity contribution in [2.75, 3.05) is 19.6 Å². The van der Waals surface area contributed by atoms with Crippen LogP contribution in [0.2, 0.25) is 5.02 Å². The Morgan fingerprint density at radius 3 is 2.40 bits per heavy atom. The van der Waals surface area contributed by atoms with Crippen LogP contribution in [0.3, 0.4) is 0 Å². The Morgan fingerprint density at radius 1 is 1.08 bits per heavy atom. The summed E-state index contributed by atoms with van der Waals surface area (Å²) in [5.41, 5.74) is -0.125. The van der Waals surface area contributed by atoms with Gasteiger partial charge in [0, 0.05) is 23.7 Å². The largest absolute Gasteiger partial charge is 0.444 e. The van der Waals surface area contributed by atoms with Crippen LogP contribution in [0.15, 0.2) is 24.3 Å². The zero-order valence-electron chi connectivity index (χ0n) is 14.6. The SMILES string of the molecule is CC(C)(C)OC(=O)NCC(=O)NCCCNC(=O)c1cccc(Cl)c1. The molecule has 0 atom stereocenters. The number of hydrogen-bond donors (Lipinski definition) is 3. The van der Waals surface area contributed by atoms with E-state index in [0.29, 0.717) is 30.1 Å². The smallest absolute Gasteiger partial charge is 0.408 e. The molecule has 138 valence electrons. The molecule has 1 rings (SSSR count). The summed E-state index contributed by atoms with van der Waals surface area (Å²) in [5, 5.41) is 8.25. The maximum atomic E-state index is 11.9. The summed E-state index contributed by atoms with van der Waals surface area (Å²) in [4.78, 5) is 34.9. The molecule has 3 N–H and O–H groups in total. The highest BCUT2D eigenvalue weighted by atomic mass is 35.5. The van der Waals surface area contributed by atoms with Crippen LogP contribution in [-0.4, -0.2) is 43.1 Å². The van der Waals surface area contributed by atoms with E-state index in [1.165, 1.54) is 0 Å². The lowest BCUT2D eigenvalue weighted by molar-refractivity contribution is -0.120. The van der Waals surface area contributed by atoms with Gasteiger partial charge in [0.1, 0.15) is 5.60 Å². The molecule has 0 aliphatic heterocycles. The first-order valence-electron chi connectivity index (χ1n) is 7.95. The summed E-state index contributed by atoms with van der Waals surface area (Å²) >= 11 is 5.83. The number of halogens is 1. The average molecular weight is 370 g/mol. The first-order chi connectivity index (χ1) is 11.7. The highest BCUT2D eigenvalue weighted by Gasteiger charge is 2.16. The van der Waals surface area contributed by atoms with Gasteiger partial charge in [-0.3, -0.25) is 9.59 Å². The van der Waals surface area contributed by atoms with Crippen LogP contribution in [0, 0.1) is 0 Å². The second-order valence-corrected chi connectivity index (χ2v) is 6.76. The van der Waals surface area contributed by atoms with Crippen molar-refractivity contribution in [3.8, 4) is 0 Å². The first-order valence-corrected chi connectivity index (χ1v) is 8.32. The number of amides is 3. The summed E-state index contributed by atoms with van der Waals surface area (Å²) in [6, 6.07) is 6.65. The third kappa shape index (κ3) is 9.56. The number of nitrogens with one attached hydrogen (secondary N) is 3. The van der Waals surface area contributed by atoms with Gasteiger partial charge in [-0.05, 0) is 45.4 Å². The van der Waals surface area contributed by atoms with Crippen molar-refractivity contribution in [1.82, 2.24) is 16.0 Å². The predicted octanol–water partition coefficient (Wildman–Crippen LogP) is 2.10. The molecule has 0 unspecified atom stereocenters. The molecule has 0 bridgehead atoms. The van der Waals surface area contributed by atoms with Crippen molar-refractivity contribution in [1.29, 1.82) is 0 Å². The molecule has 0 spiro atoms. The maximum absolute atomic E-state index is 11.9. The lowest BCUT2D eigenvalue weighted by atomic mass is 10.2. The molecule has 0 saturated carbocycles. The van der Waals surface area contributed by atoms with Crippen LogP contribution in [0.4, 0.5) is 4.79 Å². The number of rotatable bonds is 7. The van der Waals surface area contributed by atoms with E-state index in [4.69, 9.17) is 16.3 Å². The number of hydrogen-bond acceptors (Lipinski definition) is 4. The van der Waals surface area contributed by atoms with E-state index in [2.05, 4.69) is 16.0 Å². The minimum Gasteiger partial charge on any atom is -0.444 e. The van der Waals surface area contributed by atoms with Crippen LogP contribution in [0.25, 0.3) is 0 Å². The van der Waals surface area contributed by atoms with Crippen molar-refractivity contribution in [3.05, 3.63) is 34.9 Å². The van der Waals surface area contributed by atoms with E-state index >= 15 is 0 Å². The molecule has 0 fully saturated rings. The fourth-order valence-electron chi connectivity index (χ4n) is 1.78. The normalized spacial score (nSPS) is 10.7. The Balaban J connectivity index is 2.14. The third-order valence-corrected chi connectivity index (χ3v) is 3.08. The van der Waals surface area contributed by atoms with Gasteiger partial charge in [0.05, 0.1) is 6.54 Å². The van der Waals surface area contributed by atoms with Crippen LogP contribution in [-0.2, 0) is 9.53 Å². The molecule has 0 aliphatic rings. The van der Waals surface area contributed by atoms with Crippen molar-refractivity contribution in [2.24, 2.45) is 0 Å². The molecule has 8 heteroatoms. The number of carbonyl (C=O) groups is 3. The van der Waals surface area contributed by atoms with Gasteiger partial charge in [-0.15, -0.1) is 0 Å². The monoisotopic (exact) mass is 369 g/mol. The van der Waals surface area contributed by atoms with E-state index < -0.39 is 11.7 Å². The van der Waals surface area contributed by atoms with Gasteiger partial charge in [-0.2, -0.15) is 0 Å². The minimum absolute atomic E-state index is 0.163. The zero-order chi connectivity index (χ0) is 18.9. The molecule has 1 aromatic rings. The molecule has 0 heterocycles. The second kappa shape index (κ2) is 9.88. The molecule has 1 aromatic carbocycles. The molecule has 3 amide bonds. The summed E-state index contributed by atoms with van der Waals surface area (Å²) in [6.07, 6.45) is -0.0822. The average Bonchev–Trinajstić information content (AvgIpc) is 2.50. The molecule has 0 aliphatic carbocycles. The van der Waals surface area contributed by atoms with Gasteiger partial charge in [-0.1, -0.05) is 17.7 Å². The topological polar surface area (TPSA) is 96.5 Å². The van der Waals surface area contributed by atoms with E-state index in [1.807, 2.05) is 0 Å². The molecule has 25 heavy (non-hydrogen) atoms. The van der Waals surface area contributed by atoms with Crippen molar-refractivity contribution in [2.45, 2.75) is 32.8 Å². The number of alkyl carbamates (subject to hydrolysis) is 1. The summed E-state index contributed by atoms with van der Waals surface area (Å²) in [5.74, 6) is -0.549. The van der Waals surface area contributed by atoms with Crippen LogP contribution < -0.4 is 16.0 Å². The van der Waals surface area contributed by atoms with Gasteiger partial charge in [0.15, 0.2) is 0 Å². The number of ether oxygens (including phenoxy) is 1. The van der Waals surface area contributed by atoms with E-state index in [1.54, 1.807) is 45.0 Å². The lowest BCUT2D eigenvalue weighted by Crippen LogP contribution is -2.40. The number of benzene rings is 1. The van der Waals surface area contributed by atoms with Gasteiger partial charge < -0.3 is 20.7 Å². The maximum Gasteiger partial charge on any atom is 0.408 e. The van der Waals surface area contributed by atoms with E-state index in [0.717, 1.165) is 0 Å². The van der Waals surface area contributed by atoms with Gasteiger partial charge in [0.2, 0.25) is 5.91 Å². The molecular formula is C17H24ClN3O4. The quantitative estimate of drug-likeness (QED) is 0.641. The summed E-state index contributed by atoms with van der Waals surface area (Å²) in [7, 11) is 0. The Morgan fingerprint density at radius 2 is 1.76 bits per heavy atom. The fourth-order valence-corrected chi connectivity index (χ4v) is 1.97. The van der Waals surface area contributed by atoms with Crippen LogP contribution in [0.5, 0.6) is 0 Å². The second-order valence-electron chi connectivity index (χ2n) is 6.33. The highest BCUT2D eigenvalue weighted by Crippen LogP contribution is 2.10. The van der Waals surface area contributed by atoms with Crippen molar-refractivity contribution >= 4 is 29.5 Å². The standard InChI is InChI=1S/C17H24ClN3O4/c1-17(2,3)25-16(24)21-11-14(22)19-8-5-9-20-15(23)12-6-4-7-13(18)10-12/h4,6-7,10H,5,8-9,11H2,1-3H3,(H,19,22)(H,20,23)(H,21,24). The highest BCUT2D eigenvalue weighted by molar-refractivity contribution is 6.30. The number of carbonyl (C=O) groups excluding carboxylic acids is 3. The Labute approximate surface area is 152 Å². The minimum atomic E-state index is -0.642. The fraction of sp³-hybridized carbons (Fsp3) is 0.471. The molecule has 0 saturated heterocycles. The van der Waals surface area contributed by atoms with Gasteiger partial charge >= 0.3 is 6.09 Å². The van der Waals surface area contributed by atoms with Crippen molar-refractivity contribution < 1.29 is 19.1 Å².